The van der Waals surface area contributed by atoms with Crippen LogP contribution in [0.5, 0.6) is 11.5 Å². The van der Waals surface area contributed by atoms with E-state index in [1.165, 1.54) is 0 Å². The summed E-state index contributed by atoms with van der Waals surface area (Å²) in [6, 6.07) is 8.64. The average molecular weight is 506 g/mol. The van der Waals surface area contributed by atoms with Gasteiger partial charge in [-0.15, -0.1) is 0 Å². The maximum atomic E-state index is 13.9. The lowest BCUT2D eigenvalue weighted by atomic mass is 9.81. The molecule has 0 aromatic heterocycles. The summed E-state index contributed by atoms with van der Waals surface area (Å²) in [6.07, 6.45) is 0.157. The molecule has 0 aliphatic carbocycles. The van der Waals surface area contributed by atoms with Crippen molar-refractivity contribution in [2.24, 2.45) is 5.92 Å². The number of amides is 2. The van der Waals surface area contributed by atoms with Crippen LogP contribution in [0.4, 0.5) is 4.39 Å². The van der Waals surface area contributed by atoms with Crippen LogP contribution in [0.15, 0.2) is 46.9 Å². The van der Waals surface area contributed by atoms with E-state index in [4.69, 9.17) is 9.47 Å². The quantitative estimate of drug-likeness (QED) is 0.595. The molecule has 1 fully saturated rings. The number of β-lactam (4-membered cyclic amide) rings is 1. The number of halogens is 2. The fourth-order valence-electron chi connectivity index (χ4n) is 4.11. The maximum Gasteiger partial charge on any atom is 0.404 e. The van der Waals surface area contributed by atoms with E-state index in [9.17, 15) is 23.9 Å². The monoisotopic (exact) mass is 505 g/mol. The number of imide groups is 1. The summed E-state index contributed by atoms with van der Waals surface area (Å²) in [6.45, 7) is 2.91. The van der Waals surface area contributed by atoms with Gasteiger partial charge in [0.15, 0.2) is 11.5 Å². The predicted octanol–water partition coefficient (Wildman–Crippen LogP) is 4.04. The number of aliphatic carboxylic acids is 1. The Balaban J connectivity index is 1.45. The molecule has 1 saturated heterocycles. The van der Waals surface area contributed by atoms with Crippen molar-refractivity contribution in [3.63, 3.8) is 0 Å². The maximum absolute atomic E-state index is 13.9. The average Bonchev–Trinajstić information content (AvgIpc) is 3.02. The van der Waals surface area contributed by atoms with Crippen molar-refractivity contribution in [2.75, 3.05) is 0 Å². The molecule has 168 valence electrons. The molecule has 9 heteroatoms. The Morgan fingerprint density at radius 1 is 1.22 bits per heavy atom. The number of ether oxygens (including phenoxy) is 2. The zero-order valence-corrected chi connectivity index (χ0v) is 19.0. The first kappa shape index (κ1) is 22.3. The molecule has 2 aromatic rings. The molecule has 32 heavy (non-hydrogen) atoms. The minimum absolute atomic E-state index is 0.0777. The van der Waals surface area contributed by atoms with Crippen molar-refractivity contribution >= 4 is 33.7 Å². The fourth-order valence-corrected chi connectivity index (χ4v) is 4.56. The molecule has 2 aliphatic rings. The topological polar surface area (TPSA) is 93.1 Å². The Hall–Kier alpha value is -2.94. The number of fused-ring (bicyclic) bond motifs is 1. The molecule has 0 radical (unpaired) electrons. The summed E-state index contributed by atoms with van der Waals surface area (Å²) in [7, 11) is 0. The van der Waals surface area contributed by atoms with Gasteiger partial charge in [0.2, 0.25) is 11.8 Å². The van der Waals surface area contributed by atoms with Crippen LogP contribution in [0, 0.1) is 5.92 Å². The van der Waals surface area contributed by atoms with E-state index in [1.807, 2.05) is 18.2 Å². The molecular weight excluding hydrogens is 485 g/mol. The molecule has 7 nitrogen and oxygen atoms in total. The Labute approximate surface area is 192 Å². The molecule has 2 amide bonds. The van der Waals surface area contributed by atoms with Gasteiger partial charge in [0, 0.05) is 17.8 Å². The number of hydrogen-bond donors (Lipinski definition) is 1. The summed E-state index contributed by atoms with van der Waals surface area (Å²) in [5, 5.41) is 9.66. The normalized spacial score (nSPS) is 24.8. The molecule has 4 atom stereocenters. The van der Waals surface area contributed by atoms with Crippen LogP contribution in [0.1, 0.15) is 37.3 Å². The summed E-state index contributed by atoms with van der Waals surface area (Å²) in [5.41, 5.74) is 1.49. The number of carbonyl (C=O) groups is 3. The van der Waals surface area contributed by atoms with Gasteiger partial charge in [-0.25, -0.2) is 4.79 Å². The second-order valence-electron chi connectivity index (χ2n) is 8.18. The Kier molecular flexibility index (Phi) is 5.70. The minimum atomic E-state index is -2.25. The number of rotatable bonds is 6. The number of carboxylic acids is 1. The lowest BCUT2D eigenvalue weighted by molar-refractivity contribution is -0.177. The minimum Gasteiger partial charge on any atom is -0.480 e. The first-order chi connectivity index (χ1) is 15.1. The second-order valence-corrected chi connectivity index (χ2v) is 9.09. The predicted molar refractivity (Wildman–Crippen MR) is 115 cm³/mol. The van der Waals surface area contributed by atoms with Gasteiger partial charge in [-0.05, 0) is 47.7 Å². The van der Waals surface area contributed by atoms with E-state index < -0.39 is 35.8 Å². The first-order valence-corrected chi connectivity index (χ1v) is 10.9. The van der Waals surface area contributed by atoms with Crippen molar-refractivity contribution < 1.29 is 33.4 Å². The highest BCUT2D eigenvalue weighted by atomic mass is 79.9. The summed E-state index contributed by atoms with van der Waals surface area (Å²) in [4.78, 5) is 38.2. The van der Waals surface area contributed by atoms with Crippen LogP contribution in [0.2, 0.25) is 0 Å². The van der Waals surface area contributed by atoms with E-state index in [0.717, 1.165) is 21.9 Å². The molecule has 0 bridgehead atoms. The molecule has 4 rings (SSSR count). The first-order valence-electron chi connectivity index (χ1n) is 10.1. The van der Waals surface area contributed by atoms with Crippen molar-refractivity contribution in [2.45, 2.75) is 44.7 Å². The molecule has 2 aromatic carbocycles. The van der Waals surface area contributed by atoms with Crippen molar-refractivity contribution in [1.29, 1.82) is 0 Å². The van der Waals surface area contributed by atoms with Crippen LogP contribution in [-0.4, -0.2) is 39.9 Å². The highest BCUT2D eigenvalue weighted by molar-refractivity contribution is 9.10. The third-order valence-corrected chi connectivity index (χ3v) is 6.18. The van der Waals surface area contributed by atoms with E-state index in [1.54, 1.807) is 31.2 Å². The van der Waals surface area contributed by atoms with Crippen molar-refractivity contribution in [1.82, 2.24) is 4.90 Å². The second kappa shape index (κ2) is 8.20. The zero-order chi connectivity index (χ0) is 23.2. The van der Waals surface area contributed by atoms with E-state index >= 15 is 0 Å². The summed E-state index contributed by atoms with van der Waals surface area (Å²) in [5.74, 6) is -2.93. The third kappa shape index (κ3) is 4.21. The number of hydrogen-bond acceptors (Lipinski definition) is 5. The highest BCUT2D eigenvalue weighted by Gasteiger charge is 2.54. The van der Waals surface area contributed by atoms with Gasteiger partial charge >= 0.3 is 12.0 Å². The lowest BCUT2D eigenvalue weighted by Gasteiger charge is -2.43. The van der Waals surface area contributed by atoms with E-state index in [2.05, 4.69) is 15.9 Å². The molecule has 2 heterocycles. The van der Waals surface area contributed by atoms with E-state index in [0.29, 0.717) is 5.56 Å². The number of alkyl halides is 1. The Morgan fingerprint density at radius 3 is 2.62 bits per heavy atom. The third-order valence-electron chi connectivity index (χ3n) is 5.68. The Morgan fingerprint density at radius 2 is 1.94 bits per heavy atom. The largest absolute Gasteiger partial charge is 0.480 e. The molecule has 0 saturated carbocycles. The summed E-state index contributed by atoms with van der Waals surface area (Å²) < 4.78 is 24.8. The van der Waals surface area contributed by atoms with Gasteiger partial charge in [0.25, 0.3) is 0 Å². The molecule has 0 spiro atoms. The number of carboxylic acid groups (broad SMARTS) is 1. The van der Waals surface area contributed by atoms with Gasteiger partial charge in [0.1, 0.15) is 6.04 Å². The number of benzene rings is 2. The molecule has 2 unspecified atom stereocenters. The van der Waals surface area contributed by atoms with Crippen LogP contribution in [0.3, 0.4) is 0 Å². The highest BCUT2D eigenvalue weighted by Crippen LogP contribution is 2.42. The van der Waals surface area contributed by atoms with Crippen molar-refractivity contribution in [3.05, 3.63) is 58.1 Å². The smallest absolute Gasteiger partial charge is 0.404 e. The van der Waals surface area contributed by atoms with Crippen LogP contribution >= 0.6 is 15.9 Å². The van der Waals surface area contributed by atoms with Gasteiger partial charge in [-0.3, -0.25) is 14.5 Å². The van der Waals surface area contributed by atoms with Gasteiger partial charge in [-0.1, -0.05) is 41.1 Å². The van der Waals surface area contributed by atoms with Gasteiger partial charge < -0.3 is 14.6 Å². The van der Waals surface area contributed by atoms with Crippen LogP contribution in [0.25, 0.3) is 0 Å². The van der Waals surface area contributed by atoms with E-state index in [-0.39, 0.29) is 30.3 Å². The van der Waals surface area contributed by atoms with Gasteiger partial charge in [0.05, 0.1) is 5.92 Å². The standard InChI is InChI=1S/C23H21BrFNO6/c1-12(14-6-7-17-18(11-14)32-23(2,25)31-17)8-19(27)26-20(22(29)30)16(21(26)28)10-13-4-3-5-15(24)9-13/h3-7,9,11-12,16,20H,8,10H2,1-2H3,(H,29,30)/t12-,16?,20-,23?/m0/s1. The van der Waals surface area contributed by atoms with Crippen LogP contribution < -0.4 is 9.47 Å². The molecule has 2 aliphatic heterocycles. The summed E-state index contributed by atoms with van der Waals surface area (Å²) >= 11 is 3.36. The fraction of sp³-hybridized carbons (Fsp3) is 0.348. The lowest BCUT2D eigenvalue weighted by Crippen LogP contribution is -2.66. The molecule has 1 N–H and O–H groups in total. The number of likely N-dealkylation sites (tertiary alicyclic amines) is 1. The number of carbonyl (C=O) groups excluding carboxylic acids is 2. The Bertz CT molecular complexity index is 1100. The SMILES string of the molecule is C[C@@H](CC(=O)N1C(=O)C(Cc2cccc(Br)c2)[C@H]1C(=O)O)c1ccc2c(c1)OC(C)(F)O2. The molecular formula is C23H21BrFNO6. The van der Waals surface area contributed by atoms with Crippen LogP contribution in [-0.2, 0) is 20.8 Å². The van der Waals surface area contributed by atoms with Gasteiger partial charge in [-0.2, -0.15) is 4.39 Å². The van der Waals surface area contributed by atoms with Crippen molar-refractivity contribution in [3.8, 4) is 11.5 Å². The zero-order valence-electron chi connectivity index (χ0n) is 17.4. The number of nitrogens with zero attached hydrogens (tertiary/aromatic N) is 1.